The molecule has 0 heterocycles. The van der Waals surface area contributed by atoms with Crippen molar-refractivity contribution in [3.05, 3.63) is 12.2 Å². The van der Waals surface area contributed by atoms with Gasteiger partial charge in [-0.3, -0.25) is 0 Å². The summed E-state index contributed by atoms with van der Waals surface area (Å²) >= 11 is 0. The Morgan fingerprint density at radius 3 is 1.47 bits per heavy atom. The normalized spacial score (nSPS) is 11.2. The predicted molar refractivity (Wildman–Crippen MR) is 85.5 cm³/mol. The number of aldehydes is 1. The van der Waals surface area contributed by atoms with Crippen LogP contribution < -0.4 is 0 Å². The Labute approximate surface area is 120 Å². The molecule has 0 bridgehead atoms. The Morgan fingerprint density at radius 2 is 1.00 bits per heavy atom. The average Bonchev–Trinajstić information content (AvgIpc) is 2.43. The van der Waals surface area contributed by atoms with Gasteiger partial charge in [0.25, 0.3) is 0 Å². The van der Waals surface area contributed by atoms with Crippen molar-refractivity contribution in [3.63, 3.8) is 0 Å². The fraction of sp³-hybridized carbons (Fsp3) is 0.833. The monoisotopic (exact) mass is 266 g/mol. The van der Waals surface area contributed by atoms with E-state index in [1.807, 2.05) is 0 Å². The quantitative estimate of drug-likeness (QED) is 0.195. The van der Waals surface area contributed by atoms with Crippen LogP contribution in [0.15, 0.2) is 12.2 Å². The molecular weight excluding hydrogens is 232 g/mol. The molecule has 0 aliphatic carbocycles. The van der Waals surface area contributed by atoms with Crippen molar-refractivity contribution >= 4 is 6.29 Å². The van der Waals surface area contributed by atoms with Crippen molar-refractivity contribution in [2.24, 2.45) is 0 Å². The summed E-state index contributed by atoms with van der Waals surface area (Å²) in [4.78, 5) is 10.1. The standard InChI is InChI=1S/C18H34O/c1-2-3-4-5-6-7-8-9-10-11-12-13-14-15-16-17-18-19/h5-6,18H,2-4,7-17H2,1H3/b6-5-. The second kappa shape index (κ2) is 17.4. The predicted octanol–water partition coefficient (Wildman–Crippen LogP) is 6.22. The zero-order valence-electron chi connectivity index (χ0n) is 13.0. The number of carbonyl (C=O) groups excluding carboxylic acids is 1. The molecule has 19 heavy (non-hydrogen) atoms. The summed E-state index contributed by atoms with van der Waals surface area (Å²) in [6.45, 7) is 2.25. The highest BCUT2D eigenvalue weighted by Crippen LogP contribution is 2.11. The topological polar surface area (TPSA) is 17.1 Å². The van der Waals surface area contributed by atoms with Crippen LogP contribution in [0.4, 0.5) is 0 Å². The van der Waals surface area contributed by atoms with Crippen LogP contribution in [0.2, 0.25) is 0 Å². The molecule has 0 rings (SSSR count). The minimum absolute atomic E-state index is 0.756. The lowest BCUT2D eigenvalue weighted by molar-refractivity contribution is -0.107. The Morgan fingerprint density at radius 1 is 0.579 bits per heavy atom. The zero-order valence-corrected chi connectivity index (χ0v) is 13.0. The Bertz CT molecular complexity index is 196. The molecule has 0 amide bonds. The maximum absolute atomic E-state index is 10.1. The number of rotatable bonds is 15. The molecule has 1 heteroatoms. The molecule has 0 N–H and O–H groups in total. The summed E-state index contributed by atoms with van der Waals surface area (Å²) in [5, 5.41) is 0. The first-order valence-electron chi connectivity index (χ1n) is 8.50. The van der Waals surface area contributed by atoms with Crippen LogP contribution in [0.5, 0.6) is 0 Å². The van der Waals surface area contributed by atoms with Gasteiger partial charge in [0.2, 0.25) is 0 Å². The van der Waals surface area contributed by atoms with Gasteiger partial charge in [0.1, 0.15) is 6.29 Å². The summed E-state index contributed by atoms with van der Waals surface area (Å²) in [6, 6.07) is 0. The lowest BCUT2D eigenvalue weighted by Crippen LogP contribution is -1.82. The van der Waals surface area contributed by atoms with Crippen molar-refractivity contribution in [3.8, 4) is 0 Å². The van der Waals surface area contributed by atoms with Gasteiger partial charge in [0, 0.05) is 6.42 Å². The zero-order chi connectivity index (χ0) is 14.0. The third kappa shape index (κ3) is 17.4. The maximum Gasteiger partial charge on any atom is 0.119 e. The van der Waals surface area contributed by atoms with Crippen LogP contribution in [0.1, 0.15) is 96.8 Å². The van der Waals surface area contributed by atoms with Gasteiger partial charge in [0.05, 0.1) is 0 Å². The Hall–Kier alpha value is -0.590. The molecule has 0 aromatic carbocycles. The van der Waals surface area contributed by atoms with Crippen LogP contribution in [-0.4, -0.2) is 6.29 Å². The number of allylic oxidation sites excluding steroid dienone is 2. The minimum atomic E-state index is 0.756. The van der Waals surface area contributed by atoms with Crippen LogP contribution in [0.25, 0.3) is 0 Å². The van der Waals surface area contributed by atoms with E-state index in [1.165, 1.54) is 77.0 Å². The molecule has 0 aliphatic heterocycles. The Balaban J connectivity index is 2.98. The molecule has 0 saturated carbocycles. The third-order valence-electron chi connectivity index (χ3n) is 3.58. The van der Waals surface area contributed by atoms with Crippen molar-refractivity contribution in [1.29, 1.82) is 0 Å². The Kier molecular flexibility index (Phi) is 16.9. The van der Waals surface area contributed by atoms with Crippen molar-refractivity contribution in [2.75, 3.05) is 0 Å². The second-order valence-electron chi connectivity index (χ2n) is 5.54. The average molecular weight is 266 g/mol. The van der Waals surface area contributed by atoms with Crippen molar-refractivity contribution in [2.45, 2.75) is 96.8 Å². The third-order valence-corrected chi connectivity index (χ3v) is 3.58. The van der Waals surface area contributed by atoms with Crippen molar-refractivity contribution in [1.82, 2.24) is 0 Å². The van der Waals surface area contributed by atoms with E-state index in [9.17, 15) is 4.79 Å². The molecular formula is C18H34O. The van der Waals surface area contributed by atoms with E-state index in [4.69, 9.17) is 0 Å². The summed E-state index contributed by atoms with van der Waals surface area (Å²) in [7, 11) is 0. The van der Waals surface area contributed by atoms with E-state index >= 15 is 0 Å². The van der Waals surface area contributed by atoms with Gasteiger partial charge in [-0.05, 0) is 25.7 Å². The highest BCUT2D eigenvalue weighted by Gasteiger charge is 1.92. The lowest BCUT2D eigenvalue weighted by atomic mass is 10.1. The maximum atomic E-state index is 10.1. The fourth-order valence-electron chi connectivity index (χ4n) is 2.28. The number of hydrogen-bond acceptors (Lipinski definition) is 1. The highest BCUT2D eigenvalue weighted by atomic mass is 16.1. The molecule has 112 valence electrons. The lowest BCUT2D eigenvalue weighted by Gasteiger charge is -2.01. The summed E-state index contributed by atoms with van der Waals surface area (Å²) < 4.78 is 0. The SMILES string of the molecule is CCCC/C=C\CCCCCCCCCCCC=O. The van der Waals surface area contributed by atoms with E-state index in [-0.39, 0.29) is 0 Å². The van der Waals surface area contributed by atoms with Gasteiger partial charge < -0.3 is 4.79 Å². The number of unbranched alkanes of at least 4 members (excludes halogenated alkanes) is 12. The molecule has 0 radical (unpaired) electrons. The van der Waals surface area contributed by atoms with Gasteiger partial charge in [0.15, 0.2) is 0 Å². The molecule has 0 unspecified atom stereocenters. The van der Waals surface area contributed by atoms with E-state index in [1.54, 1.807) is 0 Å². The first kappa shape index (κ1) is 18.4. The summed E-state index contributed by atoms with van der Waals surface area (Å²) in [5.74, 6) is 0. The van der Waals surface area contributed by atoms with Crippen LogP contribution in [-0.2, 0) is 4.79 Å². The largest absolute Gasteiger partial charge is 0.303 e. The molecule has 1 nitrogen and oxygen atoms in total. The van der Waals surface area contributed by atoms with E-state index in [2.05, 4.69) is 19.1 Å². The molecule has 0 aliphatic rings. The number of hydrogen-bond donors (Lipinski definition) is 0. The van der Waals surface area contributed by atoms with Crippen LogP contribution in [0.3, 0.4) is 0 Å². The number of carbonyl (C=O) groups is 1. The fourth-order valence-corrected chi connectivity index (χ4v) is 2.28. The van der Waals surface area contributed by atoms with E-state index in [0.29, 0.717) is 0 Å². The molecule has 0 atom stereocenters. The van der Waals surface area contributed by atoms with E-state index < -0.39 is 0 Å². The summed E-state index contributed by atoms with van der Waals surface area (Å²) in [5.41, 5.74) is 0. The molecule has 0 saturated heterocycles. The van der Waals surface area contributed by atoms with Gasteiger partial charge in [-0.1, -0.05) is 76.9 Å². The van der Waals surface area contributed by atoms with Gasteiger partial charge in [-0.15, -0.1) is 0 Å². The molecule has 0 fully saturated rings. The highest BCUT2D eigenvalue weighted by molar-refractivity contribution is 5.48. The van der Waals surface area contributed by atoms with Crippen LogP contribution >= 0.6 is 0 Å². The molecule has 0 aromatic heterocycles. The molecule has 0 aromatic rings. The van der Waals surface area contributed by atoms with Gasteiger partial charge in [-0.2, -0.15) is 0 Å². The first-order valence-corrected chi connectivity index (χ1v) is 8.50. The van der Waals surface area contributed by atoms with Gasteiger partial charge >= 0.3 is 0 Å². The molecule has 0 spiro atoms. The second-order valence-corrected chi connectivity index (χ2v) is 5.54. The van der Waals surface area contributed by atoms with Crippen molar-refractivity contribution < 1.29 is 4.79 Å². The van der Waals surface area contributed by atoms with Gasteiger partial charge in [-0.25, -0.2) is 0 Å². The first-order chi connectivity index (χ1) is 9.41. The van der Waals surface area contributed by atoms with E-state index in [0.717, 1.165) is 19.1 Å². The smallest absolute Gasteiger partial charge is 0.119 e. The summed E-state index contributed by atoms with van der Waals surface area (Å²) in [6.07, 6.45) is 23.6. The minimum Gasteiger partial charge on any atom is -0.303 e. The van der Waals surface area contributed by atoms with Crippen LogP contribution in [0, 0.1) is 0 Å².